The Kier molecular flexibility index (Phi) is 8.26. The summed E-state index contributed by atoms with van der Waals surface area (Å²) < 4.78 is 37.4. The van der Waals surface area contributed by atoms with Crippen LogP contribution in [0.3, 0.4) is 0 Å². The first-order valence-electron chi connectivity index (χ1n) is 17.5. The van der Waals surface area contributed by atoms with Crippen molar-refractivity contribution in [2.75, 3.05) is 43.0 Å². The van der Waals surface area contributed by atoms with Gasteiger partial charge in [0.2, 0.25) is 5.95 Å². The minimum atomic E-state index is -0.616. The zero-order valence-electron chi connectivity index (χ0n) is 27.6. The van der Waals surface area contributed by atoms with Crippen molar-refractivity contribution in [3.05, 3.63) is 59.8 Å². The number of halogens is 2. The number of amides is 1. The number of hydrogen-bond donors (Lipinski definition) is 1. The number of likely N-dealkylation sites (tertiary alicyclic amines) is 1. The normalized spacial score (nSPS) is 23.3. The molecule has 9 nitrogen and oxygen atoms in total. The van der Waals surface area contributed by atoms with E-state index in [9.17, 15) is 9.18 Å². The predicted octanol–water partition coefficient (Wildman–Crippen LogP) is 6.94. The Bertz CT molecular complexity index is 1820. The van der Waals surface area contributed by atoms with Crippen LogP contribution in [0.15, 0.2) is 42.7 Å². The smallest absolute Gasteiger partial charge is 0.258 e. The number of nitrogens with zero attached hydrogens (tertiary/aromatic N) is 6. The number of ether oxygens (including phenoxy) is 1. The Hall–Kier alpha value is -4.12. The van der Waals surface area contributed by atoms with E-state index in [-0.39, 0.29) is 11.7 Å². The monoisotopic (exact) mass is 655 g/mol. The molecular formula is C37H43F2N7O2. The molecular weight excluding hydrogens is 612 g/mol. The van der Waals surface area contributed by atoms with E-state index in [4.69, 9.17) is 9.72 Å². The molecule has 0 unspecified atom stereocenters. The molecule has 2 saturated heterocycles. The number of hydrogen-bond acceptors (Lipinski definition) is 7. The summed E-state index contributed by atoms with van der Waals surface area (Å²) in [4.78, 5) is 32.1. The third kappa shape index (κ3) is 6.01. The second-order valence-corrected chi connectivity index (χ2v) is 14.2. The highest BCUT2D eigenvalue weighted by molar-refractivity contribution is 6.05. The van der Waals surface area contributed by atoms with Gasteiger partial charge in [-0.1, -0.05) is 0 Å². The number of nitrogens with one attached hydrogen (secondary N) is 1. The minimum absolute atomic E-state index is 0.289. The first-order chi connectivity index (χ1) is 23.3. The summed E-state index contributed by atoms with van der Waals surface area (Å²) in [6.07, 6.45) is 11.1. The summed E-state index contributed by atoms with van der Waals surface area (Å²) in [5.41, 5.74) is 4.71. The van der Waals surface area contributed by atoms with Crippen molar-refractivity contribution in [1.82, 2.24) is 24.4 Å². The lowest BCUT2D eigenvalue weighted by Crippen LogP contribution is -2.53. The van der Waals surface area contributed by atoms with Gasteiger partial charge in [-0.15, -0.1) is 0 Å². The first kappa shape index (κ1) is 31.2. The number of carbonyl (C=O) groups excluding carboxylic acids is 1. The van der Waals surface area contributed by atoms with Crippen LogP contribution in [0.5, 0.6) is 5.75 Å². The van der Waals surface area contributed by atoms with Gasteiger partial charge < -0.3 is 19.1 Å². The minimum Gasteiger partial charge on any atom is -0.493 e. The van der Waals surface area contributed by atoms with Crippen LogP contribution in [0.25, 0.3) is 22.3 Å². The van der Waals surface area contributed by atoms with Gasteiger partial charge in [0, 0.05) is 55.4 Å². The van der Waals surface area contributed by atoms with E-state index >= 15 is 4.39 Å². The van der Waals surface area contributed by atoms with E-state index in [0.717, 1.165) is 82.2 Å². The lowest BCUT2D eigenvalue weighted by Gasteiger charge is -2.50. The number of carbonyl (C=O) groups is 1. The van der Waals surface area contributed by atoms with Crippen molar-refractivity contribution < 1.29 is 18.3 Å². The van der Waals surface area contributed by atoms with Crippen molar-refractivity contribution >= 4 is 28.6 Å². The summed E-state index contributed by atoms with van der Waals surface area (Å²) >= 11 is 0. The number of rotatable bonds is 2. The van der Waals surface area contributed by atoms with Crippen molar-refractivity contribution in [2.45, 2.75) is 83.5 Å². The van der Waals surface area contributed by atoms with Crippen LogP contribution in [0.2, 0.25) is 0 Å². The number of benzene rings is 1. The van der Waals surface area contributed by atoms with Crippen LogP contribution in [0, 0.1) is 18.2 Å². The molecule has 1 saturated carbocycles. The first-order valence-corrected chi connectivity index (χ1v) is 17.5. The van der Waals surface area contributed by atoms with Gasteiger partial charge >= 0.3 is 0 Å². The van der Waals surface area contributed by atoms with Crippen molar-refractivity contribution in [3.63, 3.8) is 0 Å². The Labute approximate surface area is 279 Å². The SMILES string of the molecule is Cc1cc2cc(n1)-c1cnccc1OCCCCCn1c(nc3cc(F)c(N4CCC5(CC4)CCN(C4CC(F)C4)CC5)cc31)NC2=O. The number of alkyl halides is 1. The molecule has 1 amide bonds. The molecule has 4 aliphatic rings. The lowest BCUT2D eigenvalue weighted by molar-refractivity contribution is 0.000262. The maximum atomic E-state index is 15.8. The molecule has 0 radical (unpaired) electrons. The number of imidazole rings is 1. The molecule has 4 aromatic rings. The lowest BCUT2D eigenvalue weighted by atomic mass is 9.70. The van der Waals surface area contributed by atoms with E-state index in [2.05, 4.69) is 25.1 Å². The molecule has 1 spiro atoms. The number of fused-ring (bicyclic) bond motifs is 7. The second kappa shape index (κ2) is 12.7. The molecule has 1 aliphatic carbocycles. The Balaban J connectivity index is 1.04. The van der Waals surface area contributed by atoms with Crippen LogP contribution in [-0.2, 0) is 6.54 Å². The fourth-order valence-corrected chi connectivity index (χ4v) is 8.15. The highest BCUT2D eigenvalue weighted by Gasteiger charge is 2.42. The fraction of sp³-hybridized carbons (Fsp3) is 0.514. The van der Waals surface area contributed by atoms with E-state index in [0.29, 0.717) is 77.3 Å². The summed E-state index contributed by atoms with van der Waals surface area (Å²) in [5, 5.41) is 3.04. The third-order valence-electron chi connectivity index (χ3n) is 11.2. The quantitative estimate of drug-likeness (QED) is 0.250. The van der Waals surface area contributed by atoms with Gasteiger partial charge in [0.05, 0.1) is 34.6 Å². The van der Waals surface area contributed by atoms with E-state index < -0.39 is 6.17 Å². The zero-order valence-corrected chi connectivity index (χ0v) is 27.6. The molecule has 6 heterocycles. The molecule has 0 atom stereocenters. The Morgan fingerprint density at radius 1 is 0.958 bits per heavy atom. The maximum absolute atomic E-state index is 15.8. The van der Waals surface area contributed by atoms with Crippen molar-refractivity contribution in [2.24, 2.45) is 5.41 Å². The van der Waals surface area contributed by atoms with E-state index in [1.807, 2.05) is 23.6 Å². The standard InChI is InChI=1S/C37H43F2N7O2/c1-24-17-25-18-30(41-24)28-23-40-10-5-34(28)48-16-4-2-3-11-46-33-22-32(29(39)21-31(33)42-36(46)43-35(25)47)45-14-8-37(9-15-45)6-12-44(13-7-37)27-19-26(38)20-27/h5,10,17-18,21-23,26-27H,2-4,6-9,11-16,19-20H2,1H3,(H,42,43,47). The van der Waals surface area contributed by atoms with Crippen LogP contribution >= 0.6 is 0 Å². The summed E-state index contributed by atoms with van der Waals surface area (Å²) in [6.45, 7) is 6.72. The molecule has 3 fully saturated rings. The van der Waals surface area contributed by atoms with Gasteiger partial charge in [-0.3, -0.25) is 20.1 Å². The topological polar surface area (TPSA) is 88.4 Å². The molecule has 2 bridgehead atoms. The van der Waals surface area contributed by atoms with Gasteiger partial charge in [0.25, 0.3) is 5.91 Å². The molecule has 252 valence electrons. The maximum Gasteiger partial charge on any atom is 0.258 e. The van der Waals surface area contributed by atoms with Gasteiger partial charge in [-0.05, 0) is 107 Å². The number of aromatic nitrogens is 4. The molecule has 8 rings (SSSR count). The number of piperidine rings is 2. The van der Waals surface area contributed by atoms with Crippen molar-refractivity contribution in [1.29, 1.82) is 0 Å². The third-order valence-corrected chi connectivity index (χ3v) is 11.2. The van der Waals surface area contributed by atoms with E-state index in [1.165, 1.54) is 6.07 Å². The molecule has 48 heavy (non-hydrogen) atoms. The summed E-state index contributed by atoms with van der Waals surface area (Å²) in [7, 11) is 0. The average molecular weight is 656 g/mol. The highest BCUT2D eigenvalue weighted by atomic mass is 19.1. The van der Waals surface area contributed by atoms with Crippen molar-refractivity contribution in [3.8, 4) is 17.0 Å². The molecule has 3 aliphatic heterocycles. The molecule has 11 heteroatoms. The van der Waals surface area contributed by atoms with Crippen LogP contribution < -0.4 is 15.0 Å². The molecule has 1 aromatic carbocycles. The Morgan fingerprint density at radius 3 is 2.54 bits per heavy atom. The van der Waals surface area contributed by atoms with Crippen LogP contribution in [0.1, 0.15) is 73.8 Å². The Morgan fingerprint density at radius 2 is 1.75 bits per heavy atom. The fourth-order valence-electron chi connectivity index (χ4n) is 8.15. The van der Waals surface area contributed by atoms with Gasteiger partial charge in [-0.25, -0.2) is 13.8 Å². The van der Waals surface area contributed by atoms with E-state index in [1.54, 1.807) is 24.5 Å². The second-order valence-electron chi connectivity index (χ2n) is 14.2. The van der Waals surface area contributed by atoms with Gasteiger partial charge in [-0.2, -0.15) is 0 Å². The van der Waals surface area contributed by atoms with Crippen LogP contribution in [-0.4, -0.2) is 75.3 Å². The number of pyridine rings is 2. The van der Waals surface area contributed by atoms with Gasteiger partial charge in [0.15, 0.2) is 0 Å². The predicted molar refractivity (Wildman–Crippen MR) is 182 cm³/mol. The summed E-state index contributed by atoms with van der Waals surface area (Å²) in [6, 6.07) is 9.19. The summed E-state index contributed by atoms with van der Waals surface area (Å²) in [5.74, 6) is 0.499. The zero-order chi connectivity index (χ0) is 32.8. The molecule has 1 N–H and O–H groups in total. The highest BCUT2D eigenvalue weighted by Crippen LogP contribution is 2.44. The number of anilines is 2. The molecule has 3 aromatic heterocycles. The van der Waals surface area contributed by atoms with Crippen LogP contribution in [0.4, 0.5) is 20.4 Å². The van der Waals surface area contributed by atoms with Gasteiger partial charge in [0.1, 0.15) is 17.7 Å². The number of aryl methyl sites for hydroxylation is 2. The largest absolute Gasteiger partial charge is 0.493 e. The average Bonchev–Trinajstić information content (AvgIpc) is 3.40.